The molecule has 2 heterocycles. The Hall–Kier alpha value is -3.77. The topological polar surface area (TPSA) is 57.0 Å². The molecule has 0 atom stereocenters. The Morgan fingerprint density at radius 2 is 1.77 bits per heavy atom. The third-order valence-electron chi connectivity index (χ3n) is 5.67. The fourth-order valence-electron chi connectivity index (χ4n) is 4.18. The smallest absolute Gasteiger partial charge is 0.212 e. The molecular weight excluding hydrogens is 406 g/mol. The molecule has 5 aromatic rings. The van der Waals surface area contributed by atoms with E-state index < -0.39 is 0 Å². The maximum absolute atomic E-state index is 13.4. The molecule has 5 nitrogen and oxygen atoms in total. The number of carbonyl (C=O) groups excluding carboxylic acids is 1. The number of rotatable bonds is 3. The van der Waals surface area contributed by atoms with Crippen LogP contribution in [0.1, 0.15) is 21.5 Å². The normalized spacial score (nSPS) is 12.3. The third kappa shape index (κ3) is 2.58. The summed E-state index contributed by atoms with van der Waals surface area (Å²) in [5.74, 6) is 0.714. The molecule has 0 aliphatic heterocycles. The molecule has 0 bridgehead atoms. The minimum absolute atomic E-state index is 0.00744. The van der Waals surface area contributed by atoms with E-state index in [4.69, 9.17) is 14.8 Å². The first-order valence-corrected chi connectivity index (χ1v) is 10.8. The van der Waals surface area contributed by atoms with Crippen LogP contribution in [0.4, 0.5) is 0 Å². The molecule has 0 spiro atoms. The lowest BCUT2D eigenvalue weighted by Crippen LogP contribution is -2.00. The van der Waals surface area contributed by atoms with Crippen molar-refractivity contribution in [2.24, 2.45) is 0 Å². The number of para-hydroxylation sites is 1. The third-order valence-corrected chi connectivity index (χ3v) is 6.67. The first-order valence-electron chi connectivity index (χ1n) is 9.94. The Balaban J connectivity index is 1.67. The van der Waals surface area contributed by atoms with Gasteiger partial charge in [0.25, 0.3) is 0 Å². The number of benzene rings is 3. The fraction of sp³-hybridized carbons (Fsp3) is 0.0800. The average Bonchev–Trinajstić information content (AvgIpc) is 3.48. The van der Waals surface area contributed by atoms with Crippen LogP contribution in [0.15, 0.2) is 66.7 Å². The molecule has 0 radical (unpaired) electrons. The zero-order valence-corrected chi connectivity index (χ0v) is 17.7. The summed E-state index contributed by atoms with van der Waals surface area (Å²) < 4.78 is 8.33. The van der Waals surface area contributed by atoms with Crippen LogP contribution in [-0.2, 0) is 0 Å². The monoisotopic (exact) mass is 423 g/mol. The molecule has 1 aliphatic rings. The van der Waals surface area contributed by atoms with Crippen LogP contribution in [0, 0.1) is 6.92 Å². The van der Waals surface area contributed by atoms with Crippen molar-refractivity contribution in [1.29, 1.82) is 0 Å². The number of aryl methyl sites for hydroxylation is 1. The zero-order valence-electron chi connectivity index (χ0n) is 16.9. The molecular formula is C25H17N3O2S. The Labute approximate surface area is 182 Å². The number of ketones is 1. The van der Waals surface area contributed by atoms with Gasteiger partial charge in [0.15, 0.2) is 5.78 Å². The number of ether oxygens (including phenoxy) is 1. The number of methoxy groups -OCH3 is 1. The van der Waals surface area contributed by atoms with Gasteiger partial charge in [-0.05, 0) is 30.7 Å². The summed E-state index contributed by atoms with van der Waals surface area (Å²) in [6.07, 6.45) is 0. The minimum Gasteiger partial charge on any atom is -0.497 e. The van der Waals surface area contributed by atoms with Gasteiger partial charge in [0.2, 0.25) is 5.13 Å². The van der Waals surface area contributed by atoms with Crippen molar-refractivity contribution in [3.05, 3.63) is 83.4 Å². The van der Waals surface area contributed by atoms with E-state index in [1.54, 1.807) is 18.4 Å². The van der Waals surface area contributed by atoms with Crippen molar-refractivity contribution in [1.82, 2.24) is 14.8 Å². The Morgan fingerprint density at radius 3 is 2.58 bits per heavy atom. The second-order valence-corrected chi connectivity index (χ2v) is 8.52. The van der Waals surface area contributed by atoms with Gasteiger partial charge in [-0.25, -0.2) is 9.67 Å². The lowest BCUT2D eigenvalue weighted by atomic mass is 10.0. The van der Waals surface area contributed by atoms with E-state index in [0.717, 1.165) is 43.5 Å². The average molecular weight is 423 g/mol. The molecule has 2 aromatic heterocycles. The highest BCUT2D eigenvalue weighted by Crippen LogP contribution is 2.44. The summed E-state index contributed by atoms with van der Waals surface area (Å²) in [5.41, 5.74) is 6.57. The van der Waals surface area contributed by atoms with Crippen LogP contribution >= 0.6 is 11.3 Å². The Bertz CT molecular complexity index is 1510. The number of hydrogen-bond acceptors (Lipinski definition) is 5. The number of fused-ring (bicyclic) bond motifs is 4. The standard InChI is InChI=1S/C25H17N3O2S/c1-14-7-5-12-19-21(14)26-25(31-19)28-23-17-10-3-4-11-18(17)24(29)20(23)22(27-28)15-8-6-9-16(13-15)30-2/h3-13H,1-2H3. The molecule has 6 rings (SSSR count). The second kappa shape index (κ2) is 6.62. The molecule has 0 unspecified atom stereocenters. The predicted molar refractivity (Wildman–Crippen MR) is 122 cm³/mol. The van der Waals surface area contributed by atoms with Crippen molar-refractivity contribution >= 4 is 27.3 Å². The number of aromatic nitrogens is 3. The van der Waals surface area contributed by atoms with Crippen molar-refractivity contribution in [3.8, 4) is 33.4 Å². The first kappa shape index (κ1) is 18.0. The van der Waals surface area contributed by atoms with Gasteiger partial charge in [-0.2, -0.15) is 5.10 Å². The van der Waals surface area contributed by atoms with Gasteiger partial charge in [-0.3, -0.25) is 4.79 Å². The second-order valence-electron chi connectivity index (χ2n) is 7.51. The van der Waals surface area contributed by atoms with Crippen molar-refractivity contribution in [3.63, 3.8) is 0 Å². The summed E-state index contributed by atoms with van der Waals surface area (Å²) in [5, 5.41) is 5.66. The maximum atomic E-state index is 13.4. The lowest BCUT2D eigenvalue weighted by Gasteiger charge is -2.04. The quantitative estimate of drug-likeness (QED) is 0.368. The number of hydrogen-bond donors (Lipinski definition) is 0. The largest absolute Gasteiger partial charge is 0.497 e. The minimum atomic E-state index is -0.00744. The van der Waals surface area contributed by atoms with E-state index in [-0.39, 0.29) is 5.78 Å². The summed E-state index contributed by atoms with van der Waals surface area (Å²) in [7, 11) is 1.63. The van der Waals surface area contributed by atoms with Crippen molar-refractivity contribution in [2.45, 2.75) is 6.92 Å². The molecule has 0 fully saturated rings. The van der Waals surface area contributed by atoms with Crippen LogP contribution < -0.4 is 4.74 Å². The van der Waals surface area contributed by atoms with Crippen LogP contribution in [0.5, 0.6) is 5.75 Å². The van der Waals surface area contributed by atoms with Crippen LogP contribution in [-0.4, -0.2) is 27.7 Å². The Kier molecular flexibility index (Phi) is 3.85. The number of carbonyl (C=O) groups is 1. The van der Waals surface area contributed by atoms with Gasteiger partial charge in [0.1, 0.15) is 11.4 Å². The summed E-state index contributed by atoms with van der Waals surface area (Å²) in [6.45, 7) is 2.06. The van der Waals surface area contributed by atoms with Crippen LogP contribution in [0.2, 0.25) is 0 Å². The fourth-order valence-corrected chi connectivity index (χ4v) is 5.18. The summed E-state index contributed by atoms with van der Waals surface area (Å²) in [4.78, 5) is 18.3. The number of nitrogens with zero attached hydrogens (tertiary/aromatic N) is 3. The molecule has 1 aliphatic carbocycles. The van der Waals surface area contributed by atoms with E-state index in [0.29, 0.717) is 16.8 Å². The van der Waals surface area contributed by atoms with Crippen molar-refractivity contribution < 1.29 is 9.53 Å². The highest BCUT2D eigenvalue weighted by atomic mass is 32.1. The van der Waals surface area contributed by atoms with Gasteiger partial charge in [0.05, 0.1) is 28.6 Å². The Morgan fingerprint density at radius 1 is 0.968 bits per heavy atom. The SMILES string of the molecule is COc1cccc(-c2nn(-c3nc4c(C)cccc4s3)c3c2C(=O)c2ccccc2-3)c1. The molecule has 3 aromatic carbocycles. The molecule has 0 N–H and O–H groups in total. The highest BCUT2D eigenvalue weighted by Gasteiger charge is 2.36. The van der Waals surface area contributed by atoms with Gasteiger partial charge in [-0.1, -0.05) is 59.9 Å². The van der Waals surface area contributed by atoms with E-state index in [9.17, 15) is 4.79 Å². The zero-order chi connectivity index (χ0) is 21.1. The van der Waals surface area contributed by atoms with Gasteiger partial charge in [0, 0.05) is 16.7 Å². The van der Waals surface area contributed by atoms with E-state index in [2.05, 4.69) is 19.1 Å². The predicted octanol–water partition coefficient (Wildman–Crippen LogP) is 5.68. The van der Waals surface area contributed by atoms with Gasteiger partial charge < -0.3 is 4.74 Å². The van der Waals surface area contributed by atoms with Crippen LogP contribution in [0.3, 0.4) is 0 Å². The maximum Gasteiger partial charge on any atom is 0.212 e. The highest BCUT2D eigenvalue weighted by molar-refractivity contribution is 7.20. The van der Waals surface area contributed by atoms with Crippen molar-refractivity contribution in [2.75, 3.05) is 7.11 Å². The summed E-state index contributed by atoms with van der Waals surface area (Å²) in [6, 6.07) is 21.5. The first-order chi connectivity index (χ1) is 15.2. The molecule has 0 amide bonds. The molecule has 6 heteroatoms. The molecule has 0 saturated heterocycles. The lowest BCUT2D eigenvalue weighted by molar-refractivity contribution is 0.104. The van der Waals surface area contributed by atoms with E-state index in [1.165, 1.54) is 0 Å². The van der Waals surface area contributed by atoms with E-state index >= 15 is 0 Å². The van der Waals surface area contributed by atoms with Crippen LogP contribution in [0.25, 0.3) is 37.9 Å². The molecule has 150 valence electrons. The number of thiazole rings is 1. The van der Waals surface area contributed by atoms with E-state index in [1.807, 2.05) is 59.3 Å². The summed E-state index contributed by atoms with van der Waals surface area (Å²) >= 11 is 1.58. The van der Waals surface area contributed by atoms with Gasteiger partial charge >= 0.3 is 0 Å². The molecule has 0 saturated carbocycles. The molecule has 31 heavy (non-hydrogen) atoms. The van der Waals surface area contributed by atoms with Gasteiger partial charge in [-0.15, -0.1) is 0 Å².